The minimum absolute atomic E-state index is 0.185. The van der Waals surface area contributed by atoms with Crippen molar-refractivity contribution in [1.82, 2.24) is 0 Å². The third-order valence-electron chi connectivity index (χ3n) is 8.62. The molecule has 10 heteroatoms. The lowest BCUT2D eigenvalue weighted by molar-refractivity contribution is -0.139. The maximum Gasteiger partial charge on any atom is 0.330 e. The molecule has 0 fully saturated rings. The highest BCUT2D eigenvalue weighted by molar-refractivity contribution is 7.91. The first-order valence-corrected chi connectivity index (χ1v) is 20.5. The number of anilines is 1. The number of ether oxygens (including phenoxy) is 3. The van der Waals surface area contributed by atoms with Crippen molar-refractivity contribution in [2.45, 2.75) is 115 Å². The lowest BCUT2D eigenvalue weighted by atomic mass is 10.0. The van der Waals surface area contributed by atoms with E-state index in [9.17, 15) is 13.2 Å². The van der Waals surface area contributed by atoms with E-state index < -0.39 is 15.8 Å². The van der Waals surface area contributed by atoms with Crippen LogP contribution in [0.15, 0.2) is 76.3 Å². The Labute approximate surface area is 302 Å². The number of rotatable bonds is 31. The summed E-state index contributed by atoms with van der Waals surface area (Å²) in [4.78, 5) is 13.4. The summed E-state index contributed by atoms with van der Waals surface area (Å²) < 4.78 is 41.5. The normalized spacial score (nSPS) is 11.6. The Morgan fingerprint density at radius 1 is 0.660 bits per heavy atom. The third-order valence-corrected chi connectivity index (χ3v) is 10.4. The minimum Gasteiger partial charge on any atom is -0.460 e. The molecule has 0 spiro atoms. The van der Waals surface area contributed by atoms with Crippen molar-refractivity contribution in [1.29, 1.82) is 0 Å². The number of azo groups is 1. The molecule has 0 amide bonds. The predicted molar refractivity (Wildman–Crippen MR) is 205 cm³/mol. The quantitative estimate of drug-likeness (QED) is 0.0331. The van der Waals surface area contributed by atoms with E-state index >= 15 is 0 Å². The lowest BCUT2D eigenvalue weighted by Crippen LogP contribution is -2.23. The van der Waals surface area contributed by atoms with Crippen LogP contribution in [0.3, 0.4) is 0 Å². The Bertz CT molecular complexity index is 1300. The van der Waals surface area contributed by atoms with Crippen molar-refractivity contribution in [3.63, 3.8) is 0 Å². The van der Waals surface area contributed by atoms with Crippen molar-refractivity contribution >= 4 is 32.9 Å². The summed E-state index contributed by atoms with van der Waals surface area (Å²) >= 11 is 0. The van der Waals surface area contributed by atoms with E-state index in [1.807, 2.05) is 31.3 Å². The average molecular weight is 714 g/mol. The van der Waals surface area contributed by atoms with Crippen molar-refractivity contribution in [2.24, 2.45) is 10.2 Å². The molecule has 0 radical (unpaired) electrons. The fraction of sp³-hybridized carbons (Fsp3) is 0.625. The molecule has 0 heterocycles. The van der Waals surface area contributed by atoms with E-state index in [2.05, 4.69) is 28.6 Å². The van der Waals surface area contributed by atoms with Crippen molar-refractivity contribution in [3.8, 4) is 0 Å². The molecule has 50 heavy (non-hydrogen) atoms. The van der Waals surface area contributed by atoms with Gasteiger partial charge in [-0.1, -0.05) is 110 Å². The van der Waals surface area contributed by atoms with Gasteiger partial charge in [0, 0.05) is 25.4 Å². The third kappa shape index (κ3) is 20.6. The number of hydrogen-bond donors (Lipinski definition) is 0. The average Bonchev–Trinajstić information content (AvgIpc) is 3.13. The number of hydrogen-bond acceptors (Lipinski definition) is 9. The maximum atomic E-state index is 12.8. The Morgan fingerprint density at radius 3 is 1.60 bits per heavy atom. The number of carbonyl (C=O) groups excluding carboxylic acids is 1. The zero-order valence-electron chi connectivity index (χ0n) is 30.9. The predicted octanol–water partition coefficient (Wildman–Crippen LogP) is 10.3. The smallest absolute Gasteiger partial charge is 0.330 e. The summed E-state index contributed by atoms with van der Waals surface area (Å²) in [5, 5.41) is 8.60. The minimum atomic E-state index is -3.30. The molecule has 0 aliphatic carbocycles. The number of nitrogens with zero attached hydrogens (tertiary/aromatic N) is 3. The molecule has 2 aromatic carbocycles. The van der Waals surface area contributed by atoms with Gasteiger partial charge in [0.15, 0.2) is 9.84 Å². The number of benzene rings is 2. The molecule has 0 bridgehead atoms. The zero-order chi connectivity index (χ0) is 36.1. The maximum absolute atomic E-state index is 12.8. The summed E-state index contributed by atoms with van der Waals surface area (Å²) in [6, 6.07) is 14.4. The van der Waals surface area contributed by atoms with Crippen molar-refractivity contribution in [3.05, 3.63) is 61.2 Å². The molecule has 0 aromatic heterocycles. The summed E-state index contributed by atoms with van der Waals surface area (Å²) in [5.41, 5.74) is 2.33. The number of sulfone groups is 1. The first-order chi connectivity index (χ1) is 24.4. The highest BCUT2D eigenvalue weighted by atomic mass is 32.2. The van der Waals surface area contributed by atoms with Crippen LogP contribution in [-0.4, -0.2) is 66.8 Å². The zero-order valence-corrected chi connectivity index (χ0v) is 31.7. The Hall–Kier alpha value is -3.08. The van der Waals surface area contributed by atoms with Crippen LogP contribution in [0, 0.1) is 0 Å². The second-order valence-electron chi connectivity index (χ2n) is 12.9. The highest BCUT2D eigenvalue weighted by Crippen LogP contribution is 2.24. The van der Waals surface area contributed by atoms with Gasteiger partial charge < -0.3 is 19.1 Å². The van der Waals surface area contributed by atoms with Crippen molar-refractivity contribution < 1.29 is 27.4 Å². The molecular weight excluding hydrogens is 651 g/mol. The molecule has 2 rings (SSSR count). The monoisotopic (exact) mass is 713 g/mol. The van der Waals surface area contributed by atoms with Crippen LogP contribution in [0.5, 0.6) is 0 Å². The number of unbranched alkanes of at least 4 members (excludes halogenated alkanes) is 15. The largest absolute Gasteiger partial charge is 0.460 e. The molecule has 0 saturated carbocycles. The molecule has 0 atom stereocenters. The first kappa shape index (κ1) is 43.1. The van der Waals surface area contributed by atoms with E-state index in [4.69, 9.17) is 14.2 Å². The first-order valence-electron chi connectivity index (χ1n) is 18.9. The molecule has 0 aliphatic rings. The summed E-state index contributed by atoms with van der Waals surface area (Å²) in [6.07, 6.45) is 21.4. The van der Waals surface area contributed by atoms with E-state index in [0.29, 0.717) is 55.7 Å². The fourth-order valence-electron chi connectivity index (χ4n) is 5.48. The van der Waals surface area contributed by atoms with Gasteiger partial charge in [-0.15, -0.1) is 0 Å². The number of esters is 1. The van der Waals surface area contributed by atoms with Crippen LogP contribution < -0.4 is 4.90 Å². The van der Waals surface area contributed by atoms with E-state index in [-0.39, 0.29) is 12.4 Å². The molecule has 0 N–H and O–H groups in total. The summed E-state index contributed by atoms with van der Waals surface area (Å²) in [5.74, 6) is -0.274. The van der Waals surface area contributed by atoms with Crippen molar-refractivity contribution in [2.75, 3.05) is 57.3 Å². The molecule has 0 saturated heterocycles. The van der Waals surface area contributed by atoms with E-state index in [1.54, 1.807) is 24.3 Å². The van der Waals surface area contributed by atoms with Gasteiger partial charge in [0.05, 0.1) is 48.5 Å². The molecule has 0 aliphatic heterocycles. The van der Waals surface area contributed by atoms with Crippen LogP contribution in [0.1, 0.15) is 110 Å². The van der Waals surface area contributed by atoms with Crippen LogP contribution >= 0.6 is 0 Å². The fourth-order valence-corrected chi connectivity index (χ4v) is 6.85. The topological polar surface area (TPSA) is 107 Å². The van der Waals surface area contributed by atoms with Gasteiger partial charge in [0.1, 0.15) is 6.61 Å². The molecule has 2 aromatic rings. The van der Waals surface area contributed by atoms with Gasteiger partial charge in [-0.05, 0) is 55.0 Å². The highest BCUT2D eigenvalue weighted by Gasteiger charge is 2.14. The van der Waals surface area contributed by atoms with E-state index in [0.717, 1.165) is 24.6 Å². The van der Waals surface area contributed by atoms with E-state index in [1.165, 1.54) is 83.5 Å². The van der Waals surface area contributed by atoms with Crippen LogP contribution in [0.2, 0.25) is 0 Å². The Kier molecular flexibility index (Phi) is 23.8. The molecule has 0 unspecified atom stereocenters. The van der Waals surface area contributed by atoms with Gasteiger partial charge in [-0.2, -0.15) is 10.2 Å². The summed E-state index contributed by atoms with van der Waals surface area (Å²) in [7, 11) is -1.32. The van der Waals surface area contributed by atoms with Gasteiger partial charge in [-0.25, -0.2) is 13.2 Å². The molecular formula is C40H63N3O6S. The van der Waals surface area contributed by atoms with Gasteiger partial charge in [-0.3, -0.25) is 0 Å². The lowest BCUT2D eigenvalue weighted by Gasteiger charge is -2.19. The van der Waals surface area contributed by atoms with Gasteiger partial charge in [0.2, 0.25) is 0 Å². The summed E-state index contributed by atoms with van der Waals surface area (Å²) in [6.45, 7) is 8.24. The number of likely N-dealkylation sites (N-methyl/N-ethyl adjacent to an activating group) is 1. The SMILES string of the molecule is C=CC(=O)OCCOCCOCCN(C)c1ccc(N=Nc2ccc(S(=O)(=O)CCCCCCCCCCCCCCCCCC)cc2)cc1. The van der Waals surface area contributed by atoms with Crippen LogP contribution in [0.25, 0.3) is 0 Å². The number of carbonyl (C=O) groups is 1. The Morgan fingerprint density at radius 2 is 1.10 bits per heavy atom. The van der Waals surface area contributed by atoms with Crippen LogP contribution in [-0.2, 0) is 28.8 Å². The molecule has 9 nitrogen and oxygen atoms in total. The van der Waals surface area contributed by atoms with Gasteiger partial charge >= 0.3 is 5.97 Å². The second-order valence-corrected chi connectivity index (χ2v) is 15.0. The van der Waals surface area contributed by atoms with Crippen LogP contribution in [0.4, 0.5) is 17.1 Å². The Balaban J connectivity index is 1.56. The van der Waals surface area contributed by atoms with Gasteiger partial charge in [0.25, 0.3) is 0 Å². The standard InChI is InChI=1S/C40H63N3O6S/c1-4-6-7-8-9-10-11-12-13-14-15-16-17-18-19-20-35-50(45,46)39-27-23-37(24-28-39)42-41-36-21-25-38(26-22-36)43(3)29-30-47-31-32-48-33-34-49-40(44)5-2/h5,21-28H,2,4,6-20,29-35H2,1,3H3. The second kappa shape index (κ2) is 27.6. The molecule has 280 valence electrons.